The molecule has 29 heavy (non-hydrogen) atoms. The summed E-state index contributed by atoms with van der Waals surface area (Å²) in [7, 11) is 1.28. The van der Waals surface area contributed by atoms with Crippen molar-refractivity contribution in [2.45, 2.75) is 46.6 Å². The summed E-state index contributed by atoms with van der Waals surface area (Å²) in [6, 6.07) is 7.46. The van der Waals surface area contributed by atoms with E-state index in [1.807, 2.05) is 32.0 Å². The quantitative estimate of drug-likeness (QED) is 0.535. The van der Waals surface area contributed by atoms with E-state index < -0.39 is 23.8 Å². The number of ether oxygens (including phenoxy) is 3. The van der Waals surface area contributed by atoms with Gasteiger partial charge in [-0.2, -0.15) is 0 Å². The van der Waals surface area contributed by atoms with Crippen molar-refractivity contribution in [3.63, 3.8) is 0 Å². The highest BCUT2D eigenvalue weighted by Crippen LogP contribution is 2.26. The minimum absolute atomic E-state index is 0.217. The topological polar surface area (TPSA) is 94.7 Å². The van der Waals surface area contributed by atoms with E-state index in [0.29, 0.717) is 22.6 Å². The monoisotopic (exact) mass is 401 g/mol. The smallest absolute Gasteiger partial charge is 0.344 e. The molecule has 2 rings (SSSR count). The number of methoxy groups -OCH3 is 1. The Hall–Kier alpha value is -3.09. The average molecular weight is 401 g/mol. The summed E-state index contributed by atoms with van der Waals surface area (Å²) < 4.78 is 15.6. The Labute approximate surface area is 170 Å². The summed E-state index contributed by atoms with van der Waals surface area (Å²) >= 11 is 0. The van der Waals surface area contributed by atoms with E-state index in [2.05, 4.69) is 4.98 Å². The Kier molecular flexibility index (Phi) is 7.20. The molecule has 0 aliphatic rings. The van der Waals surface area contributed by atoms with Crippen molar-refractivity contribution in [2.24, 2.45) is 0 Å². The molecule has 0 fully saturated rings. The lowest BCUT2D eigenvalue weighted by Crippen LogP contribution is -2.28. The number of rotatable bonds is 8. The second-order valence-electron chi connectivity index (χ2n) is 7.09. The largest absolute Gasteiger partial charge is 0.482 e. The van der Waals surface area contributed by atoms with Crippen LogP contribution in [0, 0.1) is 13.8 Å². The molecule has 0 saturated carbocycles. The van der Waals surface area contributed by atoms with Gasteiger partial charge in [-0.15, -0.1) is 0 Å². The van der Waals surface area contributed by atoms with E-state index in [4.69, 9.17) is 14.2 Å². The van der Waals surface area contributed by atoms with Gasteiger partial charge in [-0.25, -0.2) is 9.59 Å². The van der Waals surface area contributed by atoms with Gasteiger partial charge in [0.15, 0.2) is 12.7 Å². The van der Waals surface area contributed by atoms with Crippen LogP contribution in [0.25, 0.3) is 0 Å². The van der Waals surface area contributed by atoms with Crippen LogP contribution in [0.5, 0.6) is 5.75 Å². The molecule has 1 N–H and O–H groups in total. The van der Waals surface area contributed by atoms with Crippen LogP contribution >= 0.6 is 0 Å². The molecule has 1 aromatic carbocycles. The first-order chi connectivity index (χ1) is 13.7. The lowest BCUT2D eigenvalue weighted by molar-refractivity contribution is -0.148. The summed E-state index contributed by atoms with van der Waals surface area (Å²) in [6.07, 6.45) is -1.03. The third-order valence-corrected chi connectivity index (χ3v) is 4.64. The first kappa shape index (κ1) is 22.2. The zero-order valence-corrected chi connectivity index (χ0v) is 17.6. The maximum absolute atomic E-state index is 12.7. The highest BCUT2D eigenvalue weighted by molar-refractivity contribution is 6.03. The number of aromatic nitrogens is 1. The normalized spacial score (nSPS) is 11.8. The van der Waals surface area contributed by atoms with Gasteiger partial charge in [0.2, 0.25) is 5.78 Å². The summed E-state index contributed by atoms with van der Waals surface area (Å²) in [4.78, 5) is 39.6. The summed E-state index contributed by atoms with van der Waals surface area (Å²) in [5.41, 5.74) is 2.49. The minimum Gasteiger partial charge on any atom is -0.482 e. The van der Waals surface area contributed by atoms with Crippen molar-refractivity contribution >= 4 is 17.7 Å². The zero-order valence-electron chi connectivity index (χ0n) is 17.6. The summed E-state index contributed by atoms with van der Waals surface area (Å²) in [5.74, 6) is -0.768. The predicted octanol–water partition coefficient (Wildman–Crippen LogP) is 3.73. The molecule has 7 nitrogen and oxygen atoms in total. The van der Waals surface area contributed by atoms with Crippen LogP contribution in [0.1, 0.15) is 64.4 Å². The molecule has 0 bridgehead atoms. The molecule has 7 heteroatoms. The molecule has 0 spiro atoms. The van der Waals surface area contributed by atoms with E-state index in [0.717, 1.165) is 5.56 Å². The molecule has 0 amide bonds. The molecule has 0 radical (unpaired) electrons. The number of esters is 2. The zero-order chi connectivity index (χ0) is 21.7. The molecule has 1 heterocycles. The third kappa shape index (κ3) is 5.04. The van der Waals surface area contributed by atoms with Crippen molar-refractivity contribution < 1.29 is 28.6 Å². The number of H-pyrrole nitrogens is 1. The molecule has 0 saturated heterocycles. The molecule has 1 unspecified atom stereocenters. The molecule has 1 atom stereocenters. The highest BCUT2D eigenvalue weighted by Gasteiger charge is 2.27. The number of hydrogen-bond acceptors (Lipinski definition) is 6. The van der Waals surface area contributed by atoms with Gasteiger partial charge in [0.1, 0.15) is 5.75 Å². The number of hydrogen-bond donors (Lipinski definition) is 1. The molecular formula is C22H27NO6. The highest BCUT2D eigenvalue weighted by atomic mass is 16.6. The number of ketones is 1. The van der Waals surface area contributed by atoms with Gasteiger partial charge in [-0.1, -0.05) is 32.0 Å². The van der Waals surface area contributed by atoms with Crippen LogP contribution in [0.2, 0.25) is 0 Å². The van der Waals surface area contributed by atoms with Gasteiger partial charge in [-0.3, -0.25) is 4.79 Å². The Morgan fingerprint density at radius 2 is 1.72 bits per heavy atom. The maximum Gasteiger partial charge on any atom is 0.344 e. The average Bonchev–Trinajstić information content (AvgIpc) is 2.99. The van der Waals surface area contributed by atoms with Gasteiger partial charge in [0.05, 0.1) is 18.4 Å². The molecule has 1 aromatic heterocycles. The van der Waals surface area contributed by atoms with Gasteiger partial charge in [0.25, 0.3) is 0 Å². The standard InChI is InChI=1S/C22H27NO6/c1-12(2)16-9-7-8-10-17(16)28-11-18(24)29-15(5)21(25)20-13(3)19(14(4)23-20)22(26)27-6/h7-10,12,15,23H,11H2,1-6H3. The Bertz CT molecular complexity index is 912. The number of para-hydroxylation sites is 1. The fourth-order valence-electron chi connectivity index (χ4n) is 3.12. The van der Waals surface area contributed by atoms with Crippen LogP contribution in [-0.4, -0.2) is 42.5 Å². The lowest BCUT2D eigenvalue weighted by Gasteiger charge is -2.15. The van der Waals surface area contributed by atoms with E-state index in [1.165, 1.54) is 14.0 Å². The number of aromatic amines is 1. The van der Waals surface area contributed by atoms with Crippen molar-refractivity contribution in [2.75, 3.05) is 13.7 Å². The van der Waals surface area contributed by atoms with Crippen molar-refractivity contribution in [1.29, 1.82) is 0 Å². The fraction of sp³-hybridized carbons (Fsp3) is 0.409. The number of Topliss-reactive ketones (excluding diaryl/α,β-unsaturated/α-hetero) is 1. The number of aryl methyl sites for hydroxylation is 1. The third-order valence-electron chi connectivity index (χ3n) is 4.64. The molecular weight excluding hydrogens is 374 g/mol. The van der Waals surface area contributed by atoms with Crippen molar-refractivity contribution in [1.82, 2.24) is 4.98 Å². The van der Waals surface area contributed by atoms with Gasteiger partial charge in [-0.05, 0) is 43.9 Å². The second kappa shape index (κ2) is 9.41. The summed E-state index contributed by atoms with van der Waals surface area (Å²) in [6.45, 7) is 8.55. The second-order valence-corrected chi connectivity index (χ2v) is 7.09. The first-order valence-electron chi connectivity index (χ1n) is 9.40. The van der Waals surface area contributed by atoms with Crippen LogP contribution in [-0.2, 0) is 14.3 Å². The van der Waals surface area contributed by atoms with Gasteiger partial charge < -0.3 is 19.2 Å². The van der Waals surface area contributed by atoms with Crippen LogP contribution in [0.15, 0.2) is 24.3 Å². The molecule has 2 aromatic rings. The fourth-order valence-corrected chi connectivity index (χ4v) is 3.12. The molecule has 0 aliphatic carbocycles. The first-order valence-corrected chi connectivity index (χ1v) is 9.40. The van der Waals surface area contributed by atoms with E-state index in [1.54, 1.807) is 19.9 Å². The minimum atomic E-state index is -1.03. The summed E-state index contributed by atoms with van der Waals surface area (Å²) in [5, 5.41) is 0. The SMILES string of the molecule is COC(=O)c1c(C)[nH]c(C(=O)C(C)OC(=O)COc2ccccc2C(C)C)c1C. The van der Waals surface area contributed by atoms with E-state index in [-0.39, 0.29) is 18.2 Å². The van der Waals surface area contributed by atoms with Gasteiger partial charge in [0, 0.05) is 5.69 Å². The Balaban J connectivity index is 2.03. The van der Waals surface area contributed by atoms with E-state index in [9.17, 15) is 14.4 Å². The van der Waals surface area contributed by atoms with Crippen LogP contribution in [0.3, 0.4) is 0 Å². The van der Waals surface area contributed by atoms with Crippen LogP contribution in [0.4, 0.5) is 0 Å². The molecule has 156 valence electrons. The van der Waals surface area contributed by atoms with E-state index >= 15 is 0 Å². The van der Waals surface area contributed by atoms with Crippen molar-refractivity contribution in [3.8, 4) is 5.75 Å². The lowest BCUT2D eigenvalue weighted by atomic mass is 10.0. The number of benzene rings is 1. The van der Waals surface area contributed by atoms with Gasteiger partial charge >= 0.3 is 11.9 Å². The Morgan fingerprint density at radius 3 is 2.34 bits per heavy atom. The van der Waals surface area contributed by atoms with Crippen LogP contribution < -0.4 is 4.74 Å². The number of carbonyl (C=O) groups excluding carboxylic acids is 3. The maximum atomic E-state index is 12.7. The Morgan fingerprint density at radius 1 is 1.07 bits per heavy atom. The number of carbonyl (C=O) groups is 3. The van der Waals surface area contributed by atoms with Crippen molar-refractivity contribution in [3.05, 3.63) is 52.3 Å². The number of nitrogens with one attached hydrogen (secondary N) is 1. The predicted molar refractivity (Wildman–Crippen MR) is 108 cm³/mol. The molecule has 0 aliphatic heterocycles.